The van der Waals surface area contributed by atoms with Crippen molar-refractivity contribution in [2.24, 2.45) is 34.5 Å². The molecule has 4 aliphatic carbocycles. The predicted octanol–water partition coefficient (Wildman–Crippen LogP) is 6.43. The van der Waals surface area contributed by atoms with E-state index in [9.17, 15) is 9.59 Å². The van der Waals surface area contributed by atoms with Crippen molar-refractivity contribution in [2.75, 3.05) is 0 Å². The highest BCUT2D eigenvalue weighted by molar-refractivity contribution is 14.1. The van der Waals surface area contributed by atoms with Crippen LogP contribution in [0.25, 0.3) is 0 Å². The van der Waals surface area contributed by atoms with Gasteiger partial charge in [-0.25, -0.2) is 4.79 Å². The number of esters is 1. The molecule has 1 aromatic carbocycles. The van der Waals surface area contributed by atoms with Gasteiger partial charge in [0.1, 0.15) is 11.9 Å². The van der Waals surface area contributed by atoms with Gasteiger partial charge in [0.2, 0.25) is 0 Å². The third-order valence-electron chi connectivity index (χ3n) is 9.66. The van der Waals surface area contributed by atoms with Gasteiger partial charge in [0.15, 0.2) is 0 Å². The van der Waals surface area contributed by atoms with E-state index < -0.39 is 0 Å². The number of hydrogen-bond donors (Lipinski definition) is 0. The molecule has 30 heavy (non-hydrogen) atoms. The summed E-state index contributed by atoms with van der Waals surface area (Å²) < 4.78 is 7.04. The van der Waals surface area contributed by atoms with Crippen LogP contribution in [0.2, 0.25) is 0 Å². The van der Waals surface area contributed by atoms with Crippen LogP contribution in [-0.4, -0.2) is 17.9 Å². The molecule has 0 N–H and O–H groups in total. The second kappa shape index (κ2) is 7.60. The molecule has 0 aliphatic heterocycles. The lowest BCUT2D eigenvalue weighted by atomic mass is 9.45. The van der Waals surface area contributed by atoms with Crippen LogP contribution in [0.3, 0.4) is 0 Å². The maximum atomic E-state index is 12.7. The zero-order valence-electron chi connectivity index (χ0n) is 18.2. The van der Waals surface area contributed by atoms with E-state index >= 15 is 0 Å². The number of rotatable bonds is 2. The van der Waals surface area contributed by atoms with E-state index in [-0.39, 0.29) is 17.5 Å². The van der Waals surface area contributed by atoms with Crippen molar-refractivity contribution in [2.45, 2.75) is 77.7 Å². The van der Waals surface area contributed by atoms with Crippen LogP contribution in [-0.2, 0) is 9.53 Å². The first-order valence-corrected chi connectivity index (χ1v) is 12.9. The van der Waals surface area contributed by atoms with Crippen molar-refractivity contribution in [3.8, 4) is 0 Å². The normalized spacial score (nSPS) is 42.8. The molecule has 4 heteroatoms. The molecule has 7 atom stereocenters. The van der Waals surface area contributed by atoms with Gasteiger partial charge in [-0.3, -0.25) is 4.79 Å². The Morgan fingerprint density at radius 3 is 2.70 bits per heavy atom. The zero-order chi connectivity index (χ0) is 21.1. The van der Waals surface area contributed by atoms with E-state index in [4.69, 9.17) is 4.74 Å². The number of carbonyl (C=O) groups is 2. The standard InChI is InChI=1S/C26H33IO3/c1-25-12-10-19(30-24(29)16-4-3-5-18(27)14-16)15-17(25)6-7-20-21-8-9-23(28)26(21,2)13-11-22(20)25/h3-5,14,17,19-22H,6-13,15H2,1-2H3/t17-,19+,20?,21?,22?,25-,26-/m0/s1. The summed E-state index contributed by atoms with van der Waals surface area (Å²) in [6, 6.07) is 7.67. The Hall–Kier alpha value is -0.910. The second-order valence-corrected chi connectivity index (χ2v) is 12.1. The van der Waals surface area contributed by atoms with Crippen LogP contribution >= 0.6 is 22.6 Å². The Morgan fingerprint density at radius 2 is 1.90 bits per heavy atom. The fourth-order valence-electron chi connectivity index (χ4n) is 7.93. The third kappa shape index (κ3) is 3.27. The molecule has 3 unspecified atom stereocenters. The number of hydrogen-bond acceptors (Lipinski definition) is 3. The van der Waals surface area contributed by atoms with Gasteiger partial charge >= 0.3 is 5.97 Å². The summed E-state index contributed by atoms with van der Waals surface area (Å²) in [7, 11) is 0. The van der Waals surface area contributed by atoms with E-state index in [0.717, 1.165) is 53.9 Å². The lowest BCUT2D eigenvalue weighted by Crippen LogP contribution is -2.54. The summed E-state index contributed by atoms with van der Waals surface area (Å²) >= 11 is 2.24. The molecule has 0 aromatic heterocycles. The summed E-state index contributed by atoms with van der Waals surface area (Å²) in [4.78, 5) is 25.3. The Morgan fingerprint density at radius 1 is 1.07 bits per heavy atom. The Bertz CT molecular complexity index is 866. The largest absolute Gasteiger partial charge is 0.459 e. The highest BCUT2D eigenvalue weighted by Gasteiger charge is 2.60. The third-order valence-corrected chi connectivity index (χ3v) is 10.3. The van der Waals surface area contributed by atoms with Gasteiger partial charge in [-0.05, 0) is 121 Å². The smallest absolute Gasteiger partial charge is 0.338 e. The van der Waals surface area contributed by atoms with Crippen molar-refractivity contribution < 1.29 is 14.3 Å². The molecule has 4 saturated carbocycles. The minimum Gasteiger partial charge on any atom is -0.459 e. The first-order valence-electron chi connectivity index (χ1n) is 11.8. The number of Topliss-reactive ketones (excluding diaryl/α,β-unsaturated/α-hetero) is 1. The number of halogens is 1. The SMILES string of the molecule is C[C@]12CCC3C(CC[C@H]4C[C@H](OC(=O)c5cccc(I)c5)CC[C@]34C)C1CCC2=O. The van der Waals surface area contributed by atoms with Gasteiger partial charge in [-0.1, -0.05) is 19.9 Å². The molecule has 0 bridgehead atoms. The molecule has 4 fully saturated rings. The fourth-order valence-corrected chi connectivity index (χ4v) is 8.47. The number of carbonyl (C=O) groups excluding carboxylic acids is 2. The van der Waals surface area contributed by atoms with E-state index in [1.807, 2.05) is 24.3 Å². The molecule has 1 aromatic rings. The van der Waals surface area contributed by atoms with Crippen LogP contribution in [0.15, 0.2) is 24.3 Å². The Kier molecular flexibility index (Phi) is 5.31. The molecule has 4 aliphatic rings. The monoisotopic (exact) mass is 520 g/mol. The van der Waals surface area contributed by atoms with E-state index in [2.05, 4.69) is 36.4 Å². The predicted molar refractivity (Wildman–Crippen MR) is 125 cm³/mol. The van der Waals surface area contributed by atoms with Crippen molar-refractivity contribution >= 4 is 34.3 Å². The van der Waals surface area contributed by atoms with Crippen LogP contribution in [0.1, 0.15) is 82.0 Å². The summed E-state index contributed by atoms with van der Waals surface area (Å²) in [6.07, 6.45) is 9.91. The summed E-state index contributed by atoms with van der Waals surface area (Å²) in [6.45, 7) is 4.78. The van der Waals surface area contributed by atoms with Gasteiger partial charge < -0.3 is 4.74 Å². The van der Waals surface area contributed by atoms with Gasteiger partial charge in [0.05, 0.1) is 5.56 Å². The average Bonchev–Trinajstić information content (AvgIpc) is 3.03. The molecule has 0 radical (unpaired) electrons. The first kappa shape index (κ1) is 21.0. The van der Waals surface area contributed by atoms with Gasteiger partial charge in [0.25, 0.3) is 0 Å². The Labute approximate surface area is 193 Å². The van der Waals surface area contributed by atoms with E-state index in [1.54, 1.807) is 0 Å². The number of ether oxygens (including phenoxy) is 1. The molecular weight excluding hydrogens is 487 g/mol. The molecule has 0 saturated heterocycles. The summed E-state index contributed by atoms with van der Waals surface area (Å²) in [5.74, 6) is 3.08. The maximum Gasteiger partial charge on any atom is 0.338 e. The maximum absolute atomic E-state index is 12.7. The fraction of sp³-hybridized carbons (Fsp3) is 0.692. The van der Waals surface area contributed by atoms with Crippen molar-refractivity contribution in [3.05, 3.63) is 33.4 Å². The van der Waals surface area contributed by atoms with Crippen LogP contribution in [0.4, 0.5) is 0 Å². The van der Waals surface area contributed by atoms with E-state index in [1.165, 1.54) is 19.3 Å². The highest BCUT2D eigenvalue weighted by atomic mass is 127. The van der Waals surface area contributed by atoms with Gasteiger partial charge in [-0.15, -0.1) is 0 Å². The lowest BCUT2D eigenvalue weighted by Gasteiger charge is -2.60. The number of benzene rings is 1. The molecule has 0 amide bonds. The molecule has 0 heterocycles. The Balaban J connectivity index is 1.28. The lowest BCUT2D eigenvalue weighted by molar-refractivity contribution is -0.142. The zero-order valence-corrected chi connectivity index (χ0v) is 20.3. The average molecular weight is 520 g/mol. The molecule has 5 rings (SSSR count). The van der Waals surface area contributed by atoms with E-state index in [0.29, 0.717) is 28.6 Å². The summed E-state index contributed by atoms with van der Waals surface area (Å²) in [5, 5.41) is 0. The van der Waals surface area contributed by atoms with Crippen molar-refractivity contribution in [1.29, 1.82) is 0 Å². The quantitative estimate of drug-likeness (QED) is 0.334. The van der Waals surface area contributed by atoms with Gasteiger partial charge in [0, 0.05) is 15.4 Å². The molecule has 3 nitrogen and oxygen atoms in total. The highest BCUT2D eigenvalue weighted by Crippen LogP contribution is 2.65. The van der Waals surface area contributed by atoms with Crippen molar-refractivity contribution in [1.82, 2.24) is 0 Å². The topological polar surface area (TPSA) is 43.4 Å². The first-order chi connectivity index (χ1) is 14.3. The van der Waals surface area contributed by atoms with Crippen LogP contribution < -0.4 is 0 Å². The summed E-state index contributed by atoms with van der Waals surface area (Å²) in [5.41, 5.74) is 0.974. The van der Waals surface area contributed by atoms with Crippen molar-refractivity contribution in [3.63, 3.8) is 0 Å². The minimum atomic E-state index is -0.172. The number of ketones is 1. The van der Waals surface area contributed by atoms with Crippen LogP contribution in [0, 0.1) is 38.1 Å². The minimum absolute atomic E-state index is 0.0374. The van der Waals surface area contributed by atoms with Crippen LogP contribution in [0.5, 0.6) is 0 Å². The van der Waals surface area contributed by atoms with Gasteiger partial charge in [-0.2, -0.15) is 0 Å². The molecule has 0 spiro atoms. The second-order valence-electron chi connectivity index (χ2n) is 10.9. The number of fused-ring (bicyclic) bond motifs is 5. The molecular formula is C26H33IO3. The molecule has 162 valence electrons.